The minimum absolute atomic E-state index is 0.0276. The van der Waals surface area contributed by atoms with Crippen LogP contribution in [0.3, 0.4) is 0 Å². The number of hydrogen-bond donors (Lipinski definition) is 4. The lowest BCUT2D eigenvalue weighted by Crippen LogP contribution is -2.27. The predicted molar refractivity (Wildman–Crippen MR) is 75.0 cm³/mol. The van der Waals surface area contributed by atoms with E-state index in [9.17, 15) is 15.0 Å². The maximum absolute atomic E-state index is 11.4. The topological polar surface area (TPSA) is 98.0 Å². The molecule has 1 aliphatic carbocycles. The summed E-state index contributed by atoms with van der Waals surface area (Å²) < 4.78 is 0. The lowest BCUT2D eigenvalue weighted by atomic mass is 9.96. The smallest absolute Gasteiger partial charge is 0.165 e. The normalized spacial score (nSPS) is 22.3. The fraction of sp³-hybridized carbons (Fsp3) is 0.667. The highest BCUT2D eigenvalue weighted by Gasteiger charge is 2.19. The minimum atomic E-state index is -0.863. The second-order valence-corrected chi connectivity index (χ2v) is 5.20. The Bertz CT molecular complexity index is 361. The standard InChI is InChI=1S/C15H24O5/c16-9-12(15(20)10-17)6-4-2-1-3-5-11-7-13(18)8-14(11)19/h3,5,7,12-13,15-18,20H,1-2,4,6,8-10H2. The second kappa shape index (κ2) is 9.02. The Morgan fingerprint density at radius 3 is 2.60 bits per heavy atom. The van der Waals surface area contributed by atoms with E-state index in [2.05, 4.69) is 0 Å². The summed E-state index contributed by atoms with van der Waals surface area (Å²) in [6.07, 6.45) is 7.06. The Morgan fingerprint density at radius 1 is 1.30 bits per heavy atom. The first kappa shape index (κ1) is 17.0. The first-order valence-electron chi connectivity index (χ1n) is 7.08. The van der Waals surface area contributed by atoms with Crippen LogP contribution >= 0.6 is 0 Å². The summed E-state index contributed by atoms with van der Waals surface area (Å²) in [6, 6.07) is 0. The summed E-state index contributed by atoms with van der Waals surface area (Å²) >= 11 is 0. The van der Waals surface area contributed by atoms with E-state index >= 15 is 0 Å². The minimum Gasteiger partial charge on any atom is -0.396 e. The quantitative estimate of drug-likeness (QED) is 0.457. The van der Waals surface area contributed by atoms with Gasteiger partial charge in [-0.05, 0) is 25.3 Å². The van der Waals surface area contributed by atoms with Crippen molar-refractivity contribution in [3.8, 4) is 0 Å². The molecule has 0 aromatic heterocycles. The van der Waals surface area contributed by atoms with E-state index in [-0.39, 0.29) is 31.3 Å². The first-order chi connectivity index (χ1) is 9.58. The third-order valence-corrected chi connectivity index (χ3v) is 3.55. The van der Waals surface area contributed by atoms with Gasteiger partial charge in [0.2, 0.25) is 0 Å². The molecule has 0 bridgehead atoms. The van der Waals surface area contributed by atoms with E-state index < -0.39 is 12.2 Å². The van der Waals surface area contributed by atoms with E-state index in [1.54, 1.807) is 12.2 Å². The molecule has 0 aromatic carbocycles. The highest BCUT2D eigenvalue weighted by atomic mass is 16.3. The van der Waals surface area contributed by atoms with Gasteiger partial charge in [-0.15, -0.1) is 0 Å². The average molecular weight is 284 g/mol. The van der Waals surface area contributed by atoms with Gasteiger partial charge in [-0.3, -0.25) is 4.79 Å². The number of aliphatic hydroxyl groups is 4. The SMILES string of the molecule is O=C1CC(O)C=C1C=CCCCCC(CO)C(O)CO. The molecule has 5 heteroatoms. The maximum Gasteiger partial charge on any atom is 0.165 e. The van der Waals surface area contributed by atoms with Crippen LogP contribution in [0.5, 0.6) is 0 Å². The van der Waals surface area contributed by atoms with Crippen molar-refractivity contribution in [2.75, 3.05) is 13.2 Å². The third-order valence-electron chi connectivity index (χ3n) is 3.55. The fourth-order valence-electron chi connectivity index (χ4n) is 2.25. The van der Waals surface area contributed by atoms with Gasteiger partial charge in [-0.25, -0.2) is 0 Å². The van der Waals surface area contributed by atoms with Gasteiger partial charge in [-0.2, -0.15) is 0 Å². The van der Waals surface area contributed by atoms with Gasteiger partial charge in [0.15, 0.2) is 5.78 Å². The zero-order valence-electron chi connectivity index (χ0n) is 11.6. The number of Topliss-reactive ketones (excluding diaryl/α,β-unsaturated/α-hetero) is 1. The molecule has 0 amide bonds. The summed E-state index contributed by atoms with van der Waals surface area (Å²) in [5, 5.41) is 36.6. The van der Waals surface area contributed by atoms with E-state index in [0.717, 1.165) is 19.3 Å². The molecule has 3 unspecified atom stereocenters. The molecule has 20 heavy (non-hydrogen) atoms. The molecule has 0 saturated carbocycles. The largest absolute Gasteiger partial charge is 0.396 e. The van der Waals surface area contributed by atoms with Crippen LogP contribution in [0, 0.1) is 5.92 Å². The lowest BCUT2D eigenvalue weighted by molar-refractivity contribution is -0.115. The highest BCUT2D eigenvalue weighted by Crippen LogP contribution is 2.17. The molecule has 0 saturated heterocycles. The number of aliphatic hydroxyl groups excluding tert-OH is 4. The van der Waals surface area contributed by atoms with Crippen LogP contribution in [0.1, 0.15) is 32.1 Å². The summed E-state index contributed by atoms with van der Waals surface area (Å²) in [5.74, 6) is -0.307. The predicted octanol–water partition coefficient (Wildman–Crippen LogP) is 0.325. The third kappa shape index (κ3) is 5.54. The molecule has 0 spiro atoms. The molecule has 0 radical (unpaired) electrons. The summed E-state index contributed by atoms with van der Waals surface area (Å²) in [7, 11) is 0. The number of hydrogen-bond acceptors (Lipinski definition) is 5. The van der Waals surface area contributed by atoms with Crippen molar-refractivity contribution < 1.29 is 25.2 Å². The number of allylic oxidation sites excluding steroid dienone is 3. The van der Waals surface area contributed by atoms with Gasteiger partial charge < -0.3 is 20.4 Å². The van der Waals surface area contributed by atoms with Crippen molar-refractivity contribution in [2.24, 2.45) is 5.92 Å². The zero-order chi connectivity index (χ0) is 15.0. The molecule has 5 nitrogen and oxygen atoms in total. The highest BCUT2D eigenvalue weighted by molar-refractivity contribution is 6.00. The van der Waals surface area contributed by atoms with Gasteiger partial charge in [-0.1, -0.05) is 18.6 Å². The van der Waals surface area contributed by atoms with Crippen molar-refractivity contribution in [1.29, 1.82) is 0 Å². The van der Waals surface area contributed by atoms with E-state index in [0.29, 0.717) is 12.0 Å². The number of rotatable bonds is 9. The van der Waals surface area contributed by atoms with Crippen LogP contribution in [0.2, 0.25) is 0 Å². The van der Waals surface area contributed by atoms with Crippen LogP contribution < -0.4 is 0 Å². The second-order valence-electron chi connectivity index (χ2n) is 5.20. The van der Waals surface area contributed by atoms with Crippen LogP contribution in [0.4, 0.5) is 0 Å². The van der Waals surface area contributed by atoms with Gasteiger partial charge in [0.05, 0.1) is 18.8 Å². The molecule has 0 heterocycles. The van der Waals surface area contributed by atoms with Crippen molar-refractivity contribution >= 4 is 5.78 Å². The van der Waals surface area contributed by atoms with Crippen LogP contribution in [0.25, 0.3) is 0 Å². The van der Waals surface area contributed by atoms with Gasteiger partial charge in [0.25, 0.3) is 0 Å². The van der Waals surface area contributed by atoms with Crippen LogP contribution in [-0.4, -0.2) is 51.6 Å². The molecule has 0 aromatic rings. The molecular formula is C15H24O5. The van der Waals surface area contributed by atoms with Crippen molar-refractivity contribution in [1.82, 2.24) is 0 Å². The Labute approximate surface area is 119 Å². The Morgan fingerprint density at radius 2 is 2.05 bits per heavy atom. The van der Waals surface area contributed by atoms with Gasteiger partial charge >= 0.3 is 0 Å². The van der Waals surface area contributed by atoms with Crippen LogP contribution in [-0.2, 0) is 4.79 Å². The lowest BCUT2D eigenvalue weighted by Gasteiger charge is -2.18. The molecule has 4 N–H and O–H groups in total. The number of ketones is 1. The van der Waals surface area contributed by atoms with E-state index in [1.807, 2.05) is 6.08 Å². The van der Waals surface area contributed by atoms with Crippen molar-refractivity contribution in [3.63, 3.8) is 0 Å². The van der Waals surface area contributed by atoms with E-state index in [4.69, 9.17) is 10.2 Å². The zero-order valence-corrected chi connectivity index (χ0v) is 11.6. The maximum atomic E-state index is 11.4. The van der Waals surface area contributed by atoms with E-state index in [1.165, 1.54) is 0 Å². The molecule has 1 rings (SSSR count). The molecule has 3 atom stereocenters. The number of unbranched alkanes of at least 4 members (excludes halogenated alkanes) is 2. The fourth-order valence-corrected chi connectivity index (χ4v) is 2.25. The van der Waals surface area contributed by atoms with Crippen molar-refractivity contribution in [3.05, 3.63) is 23.8 Å². The van der Waals surface area contributed by atoms with Crippen LogP contribution in [0.15, 0.2) is 23.8 Å². The first-order valence-corrected chi connectivity index (χ1v) is 7.08. The van der Waals surface area contributed by atoms with Crippen molar-refractivity contribution in [2.45, 2.75) is 44.3 Å². The molecule has 114 valence electrons. The summed E-state index contributed by atoms with van der Waals surface area (Å²) in [6.45, 7) is -0.458. The number of carbonyl (C=O) groups is 1. The molecule has 1 aliphatic rings. The Hall–Kier alpha value is -1.01. The molecule has 0 aliphatic heterocycles. The van der Waals surface area contributed by atoms with Gasteiger partial charge in [0.1, 0.15) is 0 Å². The number of carbonyl (C=O) groups excluding carboxylic acids is 1. The summed E-state index contributed by atoms with van der Waals surface area (Å²) in [4.78, 5) is 11.4. The molecular weight excluding hydrogens is 260 g/mol. The summed E-state index contributed by atoms with van der Waals surface area (Å²) in [5.41, 5.74) is 0.571. The molecule has 0 fully saturated rings. The Kier molecular flexibility index (Phi) is 7.69. The Balaban J connectivity index is 2.19. The monoisotopic (exact) mass is 284 g/mol. The van der Waals surface area contributed by atoms with Gasteiger partial charge in [0, 0.05) is 24.5 Å². The average Bonchev–Trinajstić information content (AvgIpc) is 2.75.